The summed E-state index contributed by atoms with van der Waals surface area (Å²) in [6.07, 6.45) is -3.53. The van der Waals surface area contributed by atoms with Crippen LogP contribution in [-0.4, -0.2) is 43.2 Å². The van der Waals surface area contributed by atoms with E-state index >= 15 is 0 Å². The van der Waals surface area contributed by atoms with E-state index in [1.807, 2.05) is 0 Å². The second-order valence-corrected chi connectivity index (χ2v) is 5.10. The van der Waals surface area contributed by atoms with Crippen LogP contribution in [-0.2, 0) is 14.3 Å². The minimum atomic E-state index is -4.25. The zero-order chi connectivity index (χ0) is 15.3. The molecule has 0 heterocycles. The first-order chi connectivity index (χ1) is 9.25. The van der Waals surface area contributed by atoms with Crippen molar-refractivity contribution >= 4 is 11.9 Å². The molecule has 0 N–H and O–H groups in total. The van der Waals surface area contributed by atoms with Gasteiger partial charge in [-0.2, -0.15) is 13.2 Å². The molecule has 2 unspecified atom stereocenters. The molecule has 0 aromatic carbocycles. The van der Waals surface area contributed by atoms with Crippen LogP contribution in [0.15, 0.2) is 0 Å². The van der Waals surface area contributed by atoms with E-state index < -0.39 is 29.9 Å². The first-order valence-corrected chi connectivity index (χ1v) is 6.73. The van der Waals surface area contributed by atoms with Crippen molar-refractivity contribution < 1.29 is 27.5 Å². The van der Waals surface area contributed by atoms with Crippen LogP contribution in [0, 0.1) is 11.8 Å². The lowest BCUT2D eigenvalue weighted by molar-refractivity contribution is -0.187. The third-order valence-corrected chi connectivity index (χ3v) is 3.53. The van der Waals surface area contributed by atoms with Crippen LogP contribution in [0.1, 0.15) is 32.6 Å². The molecule has 2 atom stereocenters. The molecular formula is C13H20F3NO3. The number of carbonyl (C=O) groups excluding carboxylic acids is 2. The van der Waals surface area contributed by atoms with E-state index in [1.54, 1.807) is 6.92 Å². The summed E-state index contributed by atoms with van der Waals surface area (Å²) in [5.41, 5.74) is 0. The quantitative estimate of drug-likeness (QED) is 0.748. The molecule has 0 radical (unpaired) electrons. The van der Waals surface area contributed by atoms with Crippen molar-refractivity contribution in [1.82, 2.24) is 4.90 Å². The molecule has 0 aliphatic heterocycles. The summed E-state index contributed by atoms with van der Waals surface area (Å²) in [6.45, 7) is 1.63. The fourth-order valence-electron chi connectivity index (χ4n) is 2.50. The Bertz CT molecular complexity index is 357. The van der Waals surface area contributed by atoms with Crippen molar-refractivity contribution in [2.75, 3.05) is 20.2 Å². The van der Waals surface area contributed by atoms with Gasteiger partial charge in [0.2, 0.25) is 5.91 Å². The van der Waals surface area contributed by atoms with E-state index in [1.165, 1.54) is 7.05 Å². The Morgan fingerprint density at radius 1 is 1.30 bits per heavy atom. The molecule has 1 aliphatic rings. The average molecular weight is 295 g/mol. The molecule has 7 heteroatoms. The number of hydrogen-bond donors (Lipinski definition) is 0. The summed E-state index contributed by atoms with van der Waals surface area (Å²) in [6, 6.07) is 0. The average Bonchev–Trinajstić information content (AvgIpc) is 2.37. The highest BCUT2D eigenvalue weighted by atomic mass is 19.4. The van der Waals surface area contributed by atoms with Gasteiger partial charge in [-0.05, 0) is 26.2 Å². The van der Waals surface area contributed by atoms with E-state index in [0.717, 1.165) is 4.90 Å². The fourth-order valence-corrected chi connectivity index (χ4v) is 2.50. The minimum Gasteiger partial charge on any atom is -0.465 e. The number of hydrogen-bond acceptors (Lipinski definition) is 3. The van der Waals surface area contributed by atoms with Crippen LogP contribution in [0.25, 0.3) is 0 Å². The Balaban J connectivity index is 2.56. The molecule has 1 fully saturated rings. The van der Waals surface area contributed by atoms with Gasteiger partial charge in [0, 0.05) is 13.0 Å². The Labute approximate surface area is 116 Å². The van der Waals surface area contributed by atoms with E-state index in [9.17, 15) is 22.8 Å². The molecule has 1 aliphatic carbocycles. The van der Waals surface area contributed by atoms with Crippen LogP contribution in [0.4, 0.5) is 13.2 Å². The highest BCUT2D eigenvalue weighted by molar-refractivity contribution is 5.83. The fraction of sp³-hybridized carbons (Fsp3) is 0.846. The summed E-state index contributed by atoms with van der Waals surface area (Å²) in [4.78, 5) is 24.5. The highest BCUT2D eigenvalue weighted by Gasteiger charge is 2.44. The number of alkyl halides is 3. The summed E-state index contributed by atoms with van der Waals surface area (Å²) >= 11 is 0. The molecule has 0 spiro atoms. The van der Waals surface area contributed by atoms with E-state index in [4.69, 9.17) is 4.74 Å². The zero-order valence-electron chi connectivity index (χ0n) is 11.7. The Kier molecular flexibility index (Phi) is 5.83. The maximum absolute atomic E-state index is 12.7. The number of esters is 1. The second-order valence-electron chi connectivity index (χ2n) is 5.10. The van der Waals surface area contributed by atoms with Gasteiger partial charge >= 0.3 is 12.1 Å². The predicted molar refractivity (Wildman–Crippen MR) is 65.8 cm³/mol. The standard InChI is InChI=1S/C13H20F3NO3/c1-3-20-11(18)8-17(2)12(19)9-5-4-6-10(7-9)13(14,15)16/h9-10H,3-8H2,1-2H3. The third-order valence-electron chi connectivity index (χ3n) is 3.53. The lowest BCUT2D eigenvalue weighted by Crippen LogP contribution is -2.40. The molecule has 1 saturated carbocycles. The van der Waals surface area contributed by atoms with Gasteiger partial charge in [0.1, 0.15) is 6.54 Å². The van der Waals surface area contributed by atoms with Gasteiger partial charge in [-0.25, -0.2) is 0 Å². The van der Waals surface area contributed by atoms with Crippen LogP contribution in [0.3, 0.4) is 0 Å². The number of carbonyl (C=O) groups is 2. The smallest absolute Gasteiger partial charge is 0.391 e. The van der Waals surface area contributed by atoms with Crippen molar-refractivity contribution in [3.8, 4) is 0 Å². The van der Waals surface area contributed by atoms with Crippen molar-refractivity contribution in [1.29, 1.82) is 0 Å². The second kappa shape index (κ2) is 6.95. The van der Waals surface area contributed by atoms with Crippen molar-refractivity contribution in [2.45, 2.75) is 38.8 Å². The van der Waals surface area contributed by atoms with Crippen molar-refractivity contribution in [2.24, 2.45) is 11.8 Å². The molecule has 1 rings (SSSR count). The number of rotatable bonds is 4. The molecule has 1 amide bonds. The molecule has 0 bridgehead atoms. The molecule has 20 heavy (non-hydrogen) atoms. The van der Waals surface area contributed by atoms with E-state index in [0.29, 0.717) is 12.8 Å². The minimum absolute atomic E-state index is 0.0782. The Hall–Kier alpha value is -1.27. The number of nitrogens with zero attached hydrogens (tertiary/aromatic N) is 1. The topological polar surface area (TPSA) is 46.6 Å². The molecule has 0 aromatic heterocycles. The lowest BCUT2D eigenvalue weighted by atomic mass is 9.80. The van der Waals surface area contributed by atoms with Gasteiger partial charge in [-0.1, -0.05) is 6.42 Å². The predicted octanol–water partition coefficient (Wildman–Crippen LogP) is 2.38. The summed E-state index contributed by atoms with van der Waals surface area (Å²) < 4.78 is 42.8. The molecule has 4 nitrogen and oxygen atoms in total. The van der Waals surface area contributed by atoms with Crippen LogP contribution in [0.2, 0.25) is 0 Å². The summed E-state index contributed by atoms with van der Waals surface area (Å²) in [5.74, 6) is -3.03. The van der Waals surface area contributed by atoms with Crippen LogP contribution < -0.4 is 0 Å². The Morgan fingerprint density at radius 3 is 2.50 bits per heavy atom. The van der Waals surface area contributed by atoms with Crippen molar-refractivity contribution in [3.63, 3.8) is 0 Å². The first kappa shape index (κ1) is 16.8. The van der Waals surface area contributed by atoms with Gasteiger partial charge in [0.15, 0.2) is 0 Å². The monoisotopic (exact) mass is 295 g/mol. The van der Waals surface area contributed by atoms with Gasteiger partial charge in [0.25, 0.3) is 0 Å². The summed E-state index contributed by atoms with van der Waals surface area (Å²) in [7, 11) is 1.41. The zero-order valence-corrected chi connectivity index (χ0v) is 11.7. The SMILES string of the molecule is CCOC(=O)CN(C)C(=O)C1CCCC(C(F)(F)F)C1. The molecule has 0 saturated heterocycles. The maximum Gasteiger partial charge on any atom is 0.391 e. The molecule has 116 valence electrons. The normalized spacial score (nSPS) is 23.2. The highest BCUT2D eigenvalue weighted by Crippen LogP contribution is 2.40. The molecule has 0 aromatic rings. The van der Waals surface area contributed by atoms with Gasteiger partial charge < -0.3 is 9.64 Å². The number of ether oxygens (including phenoxy) is 1. The molecular weight excluding hydrogens is 275 g/mol. The van der Waals surface area contributed by atoms with Crippen LogP contribution >= 0.6 is 0 Å². The maximum atomic E-state index is 12.7. The Morgan fingerprint density at radius 2 is 1.95 bits per heavy atom. The van der Waals surface area contributed by atoms with E-state index in [-0.39, 0.29) is 26.0 Å². The number of likely N-dealkylation sites (N-methyl/N-ethyl adjacent to an activating group) is 1. The van der Waals surface area contributed by atoms with E-state index in [2.05, 4.69) is 0 Å². The summed E-state index contributed by atoms with van der Waals surface area (Å²) in [5, 5.41) is 0. The lowest BCUT2D eigenvalue weighted by Gasteiger charge is -2.31. The van der Waals surface area contributed by atoms with Crippen LogP contribution in [0.5, 0.6) is 0 Å². The first-order valence-electron chi connectivity index (χ1n) is 6.73. The van der Waals surface area contributed by atoms with Gasteiger partial charge in [-0.15, -0.1) is 0 Å². The van der Waals surface area contributed by atoms with Gasteiger partial charge in [-0.3, -0.25) is 9.59 Å². The van der Waals surface area contributed by atoms with Crippen molar-refractivity contribution in [3.05, 3.63) is 0 Å². The third kappa shape index (κ3) is 4.68. The largest absolute Gasteiger partial charge is 0.465 e. The number of amides is 1. The van der Waals surface area contributed by atoms with Gasteiger partial charge in [0.05, 0.1) is 12.5 Å². The number of halogens is 3.